The number of aromatic nitrogens is 3. The third kappa shape index (κ3) is 2.40. The maximum atomic E-state index is 5.07. The molecule has 0 unspecified atom stereocenters. The summed E-state index contributed by atoms with van der Waals surface area (Å²) in [5.41, 5.74) is 5.07. The van der Waals surface area contributed by atoms with Crippen molar-refractivity contribution in [2.75, 3.05) is 5.73 Å². The molecule has 3 N–H and O–H groups in total. The number of nitrogens with two attached hydrogens (primary N) is 1. The fourth-order valence-corrected chi connectivity index (χ4v) is 0.210. The van der Waals surface area contributed by atoms with Crippen LogP contribution in [0.2, 0.25) is 0 Å². The van der Waals surface area contributed by atoms with Gasteiger partial charge >= 0.3 is 51.4 Å². The van der Waals surface area contributed by atoms with Gasteiger partial charge in [-0.3, -0.25) is 5.10 Å². The molecule has 1 aromatic rings. The van der Waals surface area contributed by atoms with Crippen LogP contribution in [0.25, 0.3) is 0 Å². The molecule has 1 aromatic heterocycles. The van der Waals surface area contributed by atoms with E-state index in [9.17, 15) is 0 Å². The first-order chi connectivity index (χ1) is 2.89. The van der Waals surface area contributed by atoms with Gasteiger partial charge < -0.3 is 5.73 Å². The summed E-state index contributed by atoms with van der Waals surface area (Å²) in [7, 11) is 0. The molecule has 0 saturated heterocycles. The van der Waals surface area contributed by atoms with Gasteiger partial charge in [0, 0.05) is 0 Å². The molecular formula is C2H5KN4. The molecule has 0 spiro atoms. The molecule has 0 saturated carbocycles. The number of rotatable bonds is 0. The average molecular weight is 124 g/mol. The van der Waals surface area contributed by atoms with E-state index in [0.29, 0.717) is 5.82 Å². The van der Waals surface area contributed by atoms with Crippen molar-refractivity contribution in [2.45, 2.75) is 0 Å². The Morgan fingerprint density at radius 1 is 1.71 bits per heavy atom. The van der Waals surface area contributed by atoms with Crippen molar-refractivity contribution in [2.24, 2.45) is 0 Å². The van der Waals surface area contributed by atoms with Gasteiger partial charge in [0.25, 0.3) is 0 Å². The Morgan fingerprint density at radius 3 is 2.57 bits per heavy atom. The van der Waals surface area contributed by atoms with Gasteiger partial charge in [-0.15, -0.1) is 5.10 Å². The summed E-state index contributed by atoms with van der Waals surface area (Å²) in [6, 6.07) is 0. The van der Waals surface area contributed by atoms with Crippen molar-refractivity contribution in [3.8, 4) is 0 Å². The quantitative estimate of drug-likeness (QED) is 0.424. The number of hydrogen-bond acceptors (Lipinski definition) is 3. The van der Waals surface area contributed by atoms with Gasteiger partial charge in [-0.2, -0.15) is 0 Å². The second kappa shape index (κ2) is 3.56. The summed E-state index contributed by atoms with van der Waals surface area (Å²) in [4.78, 5) is 0. The van der Waals surface area contributed by atoms with Crippen LogP contribution < -0.4 is 5.73 Å². The molecule has 0 amide bonds. The molecule has 0 radical (unpaired) electrons. The zero-order valence-corrected chi connectivity index (χ0v) is 3.05. The number of hydrogen-bond donors (Lipinski definition) is 2. The first-order valence-electron chi connectivity index (χ1n) is 1.51. The Bertz CT molecular complexity index is 113. The van der Waals surface area contributed by atoms with E-state index >= 15 is 0 Å². The fourth-order valence-electron chi connectivity index (χ4n) is 0.210. The number of H-pyrrole nitrogens is 1. The van der Waals surface area contributed by atoms with Crippen LogP contribution in [0.4, 0.5) is 5.82 Å². The number of nitrogen functional groups attached to an aromatic ring is 1. The van der Waals surface area contributed by atoms with E-state index < -0.39 is 0 Å². The number of aromatic amines is 1. The predicted molar refractivity (Wildman–Crippen MR) is 27.9 cm³/mol. The number of anilines is 1. The van der Waals surface area contributed by atoms with Crippen LogP contribution in [0.15, 0.2) is 6.20 Å². The topological polar surface area (TPSA) is 67.6 Å². The van der Waals surface area contributed by atoms with Crippen molar-refractivity contribution in [3.05, 3.63) is 6.20 Å². The summed E-state index contributed by atoms with van der Waals surface area (Å²) >= 11 is 0. The van der Waals surface area contributed by atoms with Crippen LogP contribution in [-0.4, -0.2) is 66.8 Å². The number of nitrogens with zero attached hydrogens (tertiary/aromatic N) is 2. The Hall–Kier alpha value is 0.576. The first-order valence-corrected chi connectivity index (χ1v) is 1.51. The second-order valence-corrected chi connectivity index (χ2v) is 0.898. The van der Waals surface area contributed by atoms with Gasteiger partial charge in [-0.05, 0) is 0 Å². The van der Waals surface area contributed by atoms with Gasteiger partial charge in [0.2, 0.25) is 0 Å². The third-order valence-electron chi connectivity index (χ3n) is 0.436. The average Bonchev–Trinajstić information content (AvgIpc) is 1.86. The summed E-state index contributed by atoms with van der Waals surface area (Å²) < 4.78 is 0. The van der Waals surface area contributed by atoms with Crippen LogP contribution in [-0.2, 0) is 0 Å². The molecule has 0 aliphatic heterocycles. The monoisotopic (exact) mass is 124 g/mol. The van der Waals surface area contributed by atoms with E-state index in [4.69, 9.17) is 5.73 Å². The first kappa shape index (κ1) is 7.58. The maximum absolute atomic E-state index is 5.07. The number of nitrogens with one attached hydrogen (secondary N) is 1. The third-order valence-corrected chi connectivity index (χ3v) is 0.436. The minimum absolute atomic E-state index is 0. The fraction of sp³-hybridized carbons (Fsp3) is 0. The van der Waals surface area contributed by atoms with E-state index in [-0.39, 0.29) is 51.4 Å². The van der Waals surface area contributed by atoms with Gasteiger partial charge in [0.05, 0.1) is 6.20 Å². The van der Waals surface area contributed by atoms with Gasteiger partial charge in [0.15, 0.2) is 5.82 Å². The normalized spacial score (nSPS) is 7.43. The molecule has 34 valence electrons. The Labute approximate surface area is 83.3 Å². The van der Waals surface area contributed by atoms with Crippen molar-refractivity contribution < 1.29 is 0 Å². The van der Waals surface area contributed by atoms with Crippen LogP contribution in [0.3, 0.4) is 0 Å². The molecule has 0 bridgehead atoms. The van der Waals surface area contributed by atoms with E-state index in [1.165, 1.54) is 6.20 Å². The SMILES string of the molecule is Nc1c[nH]nn1.[KH]. The summed E-state index contributed by atoms with van der Waals surface area (Å²) in [6.45, 7) is 0. The molecule has 0 aliphatic carbocycles. The molecule has 0 atom stereocenters. The van der Waals surface area contributed by atoms with Crippen molar-refractivity contribution in [3.63, 3.8) is 0 Å². The molecule has 1 heterocycles. The van der Waals surface area contributed by atoms with Crippen molar-refractivity contribution in [1.29, 1.82) is 0 Å². The van der Waals surface area contributed by atoms with Crippen LogP contribution in [0, 0.1) is 0 Å². The van der Waals surface area contributed by atoms with E-state index in [0.717, 1.165) is 0 Å². The van der Waals surface area contributed by atoms with Gasteiger partial charge in [0.1, 0.15) is 0 Å². The van der Waals surface area contributed by atoms with E-state index in [1.807, 2.05) is 0 Å². The second-order valence-electron chi connectivity index (χ2n) is 0.898. The zero-order chi connectivity index (χ0) is 4.41. The van der Waals surface area contributed by atoms with Crippen LogP contribution >= 0.6 is 0 Å². The standard InChI is InChI=1S/C2H4N4.K.H/c3-2-1-4-6-5-2;;/h1H,(H3,3,4,5,6);;. The summed E-state index contributed by atoms with van der Waals surface area (Å²) in [5, 5.41) is 9.15. The molecule has 5 heteroatoms. The van der Waals surface area contributed by atoms with Gasteiger partial charge in [-0.25, -0.2) is 0 Å². The van der Waals surface area contributed by atoms with Crippen molar-refractivity contribution in [1.82, 2.24) is 15.4 Å². The van der Waals surface area contributed by atoms with E-state index in [2.05, 4.69) is 15.4 Å². The van der Waals surface area contributed by atoms with Gasteiger partial charge in [-0.1, -0.05) is 5.21 Å². The predicted octanol–water partition coefficient (Wildman–Crippen LogP) is -1.26. The Balaban J connectivity index is 0.000000360. The van der Waals surface area contributed by atoms with Crippen molar-refractivity contribution >= 4 is 57.2 Å². The molecule has 0 fully saturated rings. The molecular weight excluding hydrogens is 119 g/mol. The molecule has 1 rings (SSSR count). The van der Waals surface area contributed by atoms with Crippen LogP contribution in [0.1, 0.15) is 0 Å². The summed E-state index contributed by atoms with van der Waals surface area (Å²) in [6.07, 6.45) is 1.51. The van der Waals surface area contributed by atoms with E-state index in [1.54, 1.807) is 0 Å². The molecule has 7 heavy (non-hydrogen) atoms. The zero-order valence-electron chi connectivity index (χ0n) is 3.05. The van der Waals surface area contributed by atoms with Crippen LogP contribution in [0.5, 0.6) is 0 Å². The minimum atomic E-state index is 0. The Morgan fingerprint density at radius 2 is 2.43 bits per heavy atom. The molecule has 0 aromatic carbocycles. The Kier molecular flexibility index (Phi) is 3.86. The summed E-state index contributed by atoms with van der Waals surface area (Å²) in [5.74, 6) is 0.426. The molecule has 4 nitrogen and oxygen atoms in total. The molecule has 0 aliphatic rings.